The fraction of sp³-hybridized carbons (Fsp3) is 0.812. The van der Waals surface area contributed by atoms with Gasteiger partial charge >= 0.3 is 11.9 Å². The van der Waals surface area contributed by atoms with Crippen molar-refractivity contribution in [3.05, 3.63) is 23.3 Å². The molecule has 226 valence electrons. The summed E-state index contributed by atoms with van der Waals surface area (Å²) in [5.41, 5.74) is 0.955. The standard InChI is InChI=1S/C32H50O8/c1-17(19(29(38)40-7)14-25(35)39-6)8-9-18(2)20-10-12-32(5)22-15-23(33)26-28(37)27(36)24(34)16-30(26,3)21(22)11-13-31(20,32)4/h11,14,17-18,20,22-24,26-28,33-34,36-37H,8-10,12-13,15-16H2,1-7H3/b19-14-/t17?,18-,20-,22-,23+,24+,26+,27-,28-,30-,31-,32+/m1/s1. The van der Waals surface area contributed by atoms with Crippen molar-refractivity contribution in [2.24, 2.45) is 45.8 Å². The van der Waals surface area contributed by atoms with Crippen LogP contribution in [0.15, 0.2) is 23.3 Å². The molecule has 1 unspecified atom stereocenters. The van der Waals surface area contributed by atoms with E-state index in [9.17, 15) is 30.0 Å². The Kier molecular flexibility index (Phi) is 8.70. The summed E-state index contributed by atoms with van der Waals surface area (Å²) in [6.45, 7) is 11.1. The van der Waals surface area contributed by atoms with Crippen molar-refractivity contribution in [2.75, 3.05) is 14.2 Å². The van der Waals surface area contributed by atoms with Crippen molar-refractivity contribution in [1.29, 1.82) is 0 Å². The molecule has 3 fully saturated rings. The SMILES string of the molecule is COC(=O)/C=C(\C(=O)OC)C(C)CC[C@@H](C)[C@H]1CC[C@@]2(C)[C@@H]3C[C@H](O)[C@H]4[C@@H](O)[C@H](O)[C@@H](O)C[C@]4(C)C3=CC[C@]12C. The molecule has 0 aromatic carbocycles. The highest BCUT2D eigenvalue weighted by Crippen LogP contribution is 2.72. The summed E-state index contributed by atoms with van der Waals surface area (Å²) >= 11 is 0. The summed E-state index contributed by atoms with van der Waals surface area (Å²) in [6, 6.07) is 0. The van der Waals surface area contributed by atoms with Crippen LogP contribution in [0.1, 0.15) is 79.6 Å². The van der Waals surface area contributed by atoms with Crippen LogP contribution < -0.4 is 0 Å². The molecule has 4 rings (SSSR count). The molecule has 4 aliphatic rings. The molecule has 4 aliphatic carbocycles. The van der Waals surface area contributed by atoms with E-state index in [0.29, 0.717) is 30.3 Å². The van der Waals surface area contributed by atoms with Crippen LogP contribution in [0.3, 0.4) is 0 Å². The number of carbonyl (C=O) groups is 2. The normalized spacial score (nSPS) is 44.4. The molecule has 4 N–H and O–H groups in total. The molecule has 8 heteroatoms. The molecule has 0 amide bonds. The smallest absolute Gasteiger partial charge is 0.334 e. The average molecular weight is 563 g/mol. The molecule has 0 aromatic rings. The van der Waals surface area contributed by atoms with Gasteiger partial charge in [-0.2, -0.15) is 0 Å². The number of hydrogen-bond donors (Lipinski definition) is 4. The average Bonchev–Trinajstić information content (AvgIpc) is 3.19. The molecule has 0 bridgehead atoms. The Morgan fingerprint density at radius 2 is 1.68 bits per heavy atom. The van der Waals surface area contributed by atoms with Gasteiger partial charge in [0.15, 0.2) is 0 Å². The highest BCUT2D eigenvalue weighted by Gasteiger charge is 2.66. The lowest BCUT2D eigenvalue weighted by atomic mass is 9.43. The van der Waals surface area contributed by atoms with Gasteiger partial charge < -0.3 is 29.9 Å². The fourth-order valence-corrected chi connectivity index (χ4v) is 9.61. The molecule has 0 spiro atoms. The van der Waals surface area contributed by atoms with Crippen molar-refractivity contribution in [2.45, 2.75) is 104 Å². The largest absolute Gasteiger partial charge is 0.466 e. The van der Waals surface area contributed by atoms with Gasteiger partial charge in [0, 0.05) is 17.6 Å². The number of allylic oxidation sites excluding steroid dienone is 2. The number of hydrogen-bond acceptors (Lipinski definition) is 8. The third kappa shape index (κ3) is 4.77. The Morgan fingerprint density at radius 1 is 1.00 bits per heavy atom. The minimum atomic E-state index is -1.24. The second kappa shape index (κ2) is 11.2. The van der Waals surface area contributed by atoms with Gasteiger partial charge in [0.25, 0.3) is 0 Å². The number of methoxy groups -OCH3 is 2. The van der Waals surface area contributed by atoms with Crippen LogP contribution in [-0.4, -0.2) is 71.0 Å². The van der Waals surface area contributed by atoms with Crippen LogP contribution in [-0.2, 0) is 19.1 Å². The van der Waals surface area contributed by atoms with E-state index in [0.717, 1.165) is 32.1 Å². The molecule has 3 saturated carbocycles. The Labute approximate surface area is 238 Å². The summed E-state index contributed by atoms with van der Waals surface area (Å²) in [4.78, 5) is 24.2. The maximum atomic E-state index is 12.4. The van der Waals surface area contributed by atoms with E-state index < -0.39 is 47.7 Å². The highest BCUT2D eigenvalue weighted by molar-refractivity contribution is 5.96. The number of fused-ring (bicyclic) bond motifs is 5. The van der Waals surface area contributed by atoms with Crippen LogP contribution in [0.2, 0.25) is 0 Å². The van der Waals surface area contributed by atoms with Crippen LogP contribution in [0.25, 0.3) is 0 Å². The van der Waals surface area contributed by atoms with Crippen LogP contribution in [0.4, 0.5) is 0 Å². The quantitative estimate of drug-likeness (QED) is 0.210. The first-order valence-electron chi connectivity index (χ1n) is 15.0. The van der Waals surface area contributed by atoms with Gasteiger partial charge in [0.1, 0.15) is 6.10 Å². The predicted octanol–water partition coefficient (Wildman–Crippen LogP) is 3.55. The molecule has 0 aliphatic heterocycles. The van der Waals surface area contributed by atoms with Crippen LogP contribution in [0, 0.1) is 45.8 Å². The Hall–Kier alpha value is -1.74. The lowest BCUT2D eigenvalue weighted by Gasteiger charge is -2.63. The van der Waals surface area contributed by atoms with Gasteiger partial charge in [-0.05, 0) is 84.9 Å². The first-order chi connectivity index (χ1) is 18.7. The van der Waals surface area contributed by atoms with Gasteiger partial charge in [-0.15, -0.1) is 0 Å². The van der Waals surface area contributed by atoms with E-state index >= 15 is 0 Å². The number of ether oxygens (including phenoxy) is 2. The molecular weight excluding hydrogens is 512 g/mol. The zero-order valence-electron chi connectivity index (χ0n) is 25.2. The molecule has 12 atom stereocenters. The Morgan fingerprint density at radius 3 is 2.30 bits per heavy atom. The Balaban J connectivity index is 1.56. The monoisotopic (exact) mass is 562 g/mol. The maximum absolute atomic E-state index is 12.4. The molecule has 8 nitrogen and oxygen atoms in total. The zero-order chi connectivity index (χ0) is 29.8. The second-order valence-corrected chi connectivity index (χ2v) is 14.0. The number of carbonyl (C=O) groups excluding carboxylic acids is 2. The van der Waals surface area contributed by atoms with Crippen LogP contribution >= 0.6 is 0 Å². The summed E-state index contributed by atoms with van der Waals surface area (Å²) in [7, 11) is 2.60. The van der Waals surface area contributed by atoms with E-state index in [2.05, 4.69) is 33.8 Å². The molecular formula is C32H50O8. The first-order valence-corrected chi connectivity index (χ1v) is 15.0. The number of aliphatic hydroxyl groups excluding tert-OH is 4. The van der Waals surface area contributed by atoms with Crippen molar-refractivity contribution < 1.29 is 39.5 Å². The van der Waals surface area contributed by atoms with E-state index in [1.54, 1.807) is 0 Å². The lowest BCUT2D eigenvalue weighted by molar-refractivity contribution is -0.195. The zero-order valence-corrected chi connectivity index (χ0v) is 25.2. The first kappa shape index (κ1) is 31.2. The van der Waals surface area contributed by atoms with Crippen molar-refractivity contribution >= 4 is 11.9 Å². The van der Waals surface area contributed by atoms with Crippen molar-refractivity contribution in [1.82, 2.24) is 0 Å². The number of rotatable bonds is 7. The van der Waals surface area contributed by atoms with Gasteiger partial charge in [0.2, 0.25) is 0 Å². The molecule has 0 heterocycles. The van der Waals surface area contributed by atoms with E-state index in [4.69, 9.17) is 9.47 Å². The van der Waals surface area contributed by atoms with Gasteiger partial charge in [-0.1, -0.05) is 46.3 Å². The van der Waals surface area contributed by atoms with E-state index in [1.165, 1.54) is 25.9 Å². The topological polar surface area (TPSA) is 134 Å². The summed E-state index contributed by atoms with van der Waals surface area (Å²) < 4.78 is 9.66. The summed E-state index contributed by atoms with van der Waals surface area (Å²) in [6.07, 6.45) is 4.92. The minimum absolute atomic E-state index is 0.00514. The third-order valence-corrected chi connectivity index (χ3v) is 12.2. The summed E-state index contributed by atoms with van der Waals surface area (Å²) in [5.74, 6) is -0.765. The third-order valence-electron chi connectivity index (χ3n) is 12.2. The van der Waals surface area contributed by atoms with Gasteiger partial charge in [0.05, 0.1) is 32.5 Å². The molecule has 0 saturated heterocycles. The van der Waals surface area contributed by atoms with Gasteiger partial charge in [-0.3, -0.25) is 0 Å². The van der Waals surface area contributed by atoms with Crippen LogP contribution in [0.5, 0.6) is 0 Å². The summed E-state index contributed by atoms with van der Waals surface area (Å²) in [5, 5.41) is 43.3. The van der Waals surface area contributed by atoms with Gasteiger partial charge in [-0.25, -0.2) is 9.59 Å². The Bertz CT molecular complexity index is 1050. The number of esters is 2. The predicted molar refractivity (Wildman–Crippen MR) is 150 cm³/mol. The molecule has 0 radical (unpaired) electrons. The van der Waals surface area contributed by atoms with E-state index in [1.807, 2.05) is 6.92 Å². The van der Waals surface area contributed by atoms with E-state index in [-0.39, 0.29) is 22.7 Å². The van der Waals surface area contributed by atoms with Crippen molar-refractivity contribution in [3.8, 4) is 0 Å². The molecule has 0 aromatic heterocycles. The highest BCUT2D eigenvalue weighted by atomic mass is 16.5. The second-order valence-electron chi connectivity index (χ2n) is 14.0. The lowest BCUT2D eigenvalue weighted by Crippen LogP contribution is -2.64. The molecule has 40 heavy (non-hydrogen) atoms. The van der Waals surface area contributed by atoms with Crippen molar-refractivity contribution in [3.63, 3.8) is 0 Å². The minimum Gasteiger partial charge on any atom is -0.466 e. The fourth-order valence-electron chi connectivity index (χ4n) is 9.61. The maximum Gasteiger partial charge on any atom is 0.334 e. The number of aliphatic hydroxyl groups is 4.